The van der Waals surface area contributed by atoms with E-state index in [-0.39, 0.29) is 11.5 Å². The van der Waals surface area contributed by atoms with Crippen molar-refractivity contribution in [3.8, 4) is 0 Å². The third kappa shape index (κ3) is 2.46. The van der Waals surface area contributed by atoms with Crippen molar-refractivity contribution in [1.82, 2.24) is 15.5 Å². The fraction of sp³-hybridized carbons (Fsp3) is 0.545. The summed E-state index contributed by atoms with van der Waals surface area (Å²) in [7, 11) is 0. The number of aromatic amines is 1. The first-order valence-corrected chi connectivity index (χ1v) is 5.83. The summed E-state index contributed by atoms with van der Waals surface area (Å²) in [5.74, 6) is -0.0254. The number of carbonyl (C=O) groups excluding carboxylic acids is 1. The van der Waals surface area contributed by atoms with Crippen molar-refractivity contribution < 1.29 is 4.79 Å². The summed E-state index contributed by atoms with van der Waals surface area (Å²) < 4.78 is 0. The first-order chi connectivity index (χ1) is 8.22. The van der Waals surface area contributed by atoms with Gasteiger partial charge in [-0.3, -0.25) is 9.59 Å². The Morgan fingerprint density at radius 2 is 2.35 bits per heavy atom. The molecule has 2 rings (SSSR count). The Morgan fingerprint density at radius 1 is 1.53 bits per heavy atom. The Hall–Kier alpha value is -1.85. The minimum Gasteiger partial charge on any atom is -0.383 e. The van der Waals surface area contributed by atoms with Gasteiger partial charge in [0.1, 0.15) is 5.69 Å². The van der Waals surface area contributed by atoms with Gasteiger partial charge in [-0.1, -0.05) is 6.92 Å². The van der Waals surface area contributed by atoms with E-state index in [4.69, 9.17) is 0 Å². The highest BCUT2D eigenvalue weighted by molar-refractivity contribution is 5.75. The number of amides is 1. The minimum absolute atomic E-state index is 0.0254. The molecular formula is C11H16N4O2. The lowest BCUT2D eigenvalue weighted by Gasteiger charge is -2.19. The summed E-state index contributed by atoms with van der Waals surface area (Å²) in [6.45, 7) is 2.98. The molecule has 3 N–H and O–H groups in total. The summed E-state index contributed by atoms with van der Waals surface area (Å²) in [4.78, 5) is 22.8. The maximum absolute atomic E-state index is 11.6. The topological polar surface area (TPSA) is 86.9 Å². The zero-order valence-electron chi connectivity index (χ0n) is 9.80. The van der Waals surface area contributed by atoms with E-state index in [1.54, 1.807) is 6.92 Å². The van der Waals surface area contributed by atoms with E-state index in [1.807, 2.05) is 0 Å². The van der Waals surface area contributed by atoms with Gasteiger partial charge in [-0.25, -0.2) is 5.10 Å². The van der Waals surface area contributed by atoms with Gasteiger partial charge in [0.2, 0.25) is 5.91 Å². The number of anilines is 1. The molecule has 0 spiro atoms. The van der Waals surface area contributed by atoms with Gasteiger partial charge in [0.15, 0.2) is 0 Å². The Morgan fingerprint density at radius 3 is 3.12 bits per heavy atom. The molecule has 1 amide bonds. The van der Waals surface area contributed by atoms with Gasteiger partial charge in [-0.05, 0) is 12.8 Å². The number of aromatic nitrogens is 2. The lowest BCUT2D eigenvalue weighted by Crippen LogP contribution is -2.28. The lowest BCUT2D eigenvalue weighted by atomic mass is 10.0. The van der Waals surface area contributed by atoms with Crippen LogP contribution in [0.5, 0.6) is 0 Å². The molecule has 0 aromatic carbocycles. The Balaban J connectivity index is 2.23. The van der Waals surface area contributed by atoms with Crippen LogP contribution in [-0.4, -0.2) is 22.6 Å². The Bertz CT molecular complexity index is 481. The first kappa shape index (κ1) is 11.6. The van der Waals surface area contributed by atoms with Crippen LogP contribution in [0.25, 0.3) is 0 Å². The Kier molecular flexibility index (Phi) is 3.41. The maximum atomic E-state index is 11.6. The second-order valence-corrected chi connectivity index (χ2v) is 4.01. The molecule has 17 heavy (non-hydrogen) atoms. The number of hydrogen-bond donors (Lipinski definition) is 3. The zero-order chi connectivity index (χ0) is 12.3. The summed E-state index contributed by atoms with van der Waals surface area (Å²) in [5, 5.41) is 12.4. The van der Waals surface area contributed by atoms with Gasteiger partial charge in [0.25, 0.3) is 5.56 Å². The fourth-order valence-electron chi connectivity index (χ4n) is 1.89. The largest absolute Gasteiger partial charge is 0.383 e. The quantitative estimate of drug-likeness (QED) is 0.697. The summed E-state index contributed by atoms with van der Waals surface area (Å²) in [6, 6.07) is 0. The molecule has 0 saturated carbocycles. The van der Waals surface area contributed by atoms with Crippen LogP contribution in [0.15, 0.2) is 4.79 Å². The van der Waals surface area contributed by atoms with Crippen molar-refractivity contribution in [2.24, 2.45) is 0 Å². The second-order valence-electron chi connectivity index (χ2n) is 4.01. The highest BCUT2D eigenvalue weighted by Crippen LogP contribution is 2.20. The smallest absolute Gasteiger partial charge is 0.269 e. The predicted molar refractivity (Wildman–Crippen MR) is 63.8 cm³/mol. The third-order valence-corrected chi connectivity index (χ3v) is 2.84. The fourth-order valence-corrected chi connectivity index (χ4v) is 1.89. The number of H-pyrrole nitrogens is 1. The van der Waals surface area contributed by atoms with Crippen LogP contribution >= 0.6 is 0 Å². The number of fused-ring (bicyclic) bond motifs is 1. The Labute approximate surface area is 98.8 Å². The average Bonchev–Trinajstić information content (AvgIpc) is 2.38. The maximum Gasteiger partial charge on any atom is 0.269 e. The monoisotopic (exact) mass is 236 g/mol. The van der Waals surface area contributed by atoms with Crippen LogP contribution in [0.1, 0.15) is 31.0 Å². The SMILES string of the molecule is CCC(=O)NCc1n[nH]c(=O)c2c1NCCC2. The molecule has 0 atom stereocenters. The van der Waals surface area contributed by atoms with Crippen molar-refractivity contribution in [3.63, 3.8) is 0 Å². The van der Waals surface area contributed by atoms with Crippen molar-refractivity contribution in [2.75, 3.05) is 11.9 Å². The van der Waals surface area contributed by atoms with Crippen LogP contribution in [0.2, 0.25) is 0 Å². The van der Waals surface area contributed by atoms with Crippen LogP contribution in [0.3, 0.4) is 0 Å². The van der Waals surface area contributed by atoms with E-state index >= 15 is 0 Å². The van der Waals surface area contributed by atoms with Crippen molar-refractivity contribution in [1.29, 1.82) is 0 Å². The number of nitrogens with zero attached hydrogens (tertiary/aromatic N) is 1. The van der Waals surface area contributed by atoms with Crippen LogP contribution in [0.4, 0.5) is 5.69 Å². The minimum atomic E-state index is -0.141. The number of nitrogens with one attached hydrogen (secondary N) is 3. The third-order valence-electron chi connectivity index (χ3n) is 2.84. The molecular weight excluding hydrogens is 220 g/mol. The van der Waals surface area contributed by atoms with Crippen LogP contribution < -0.4 is 16.2 Å². The zero-order valence-corrected chi connectivity index (χ0v) is 9.80. The van der Waals surface area contributed by atoms with Gasteiger partial charge >= 0.3 is 0 Å². The van der Waals surface area contributed by atoms with Gasteiger partial charge in [-0.2, -0.15) is 5.10 Å². The normalized spacial score (nSPS) is 13.7. The van der Waals surface area contributed by atoms with Crippen LogP contribution in [-0.2, 0) is 17.8 Å². The van der Waals surface area contributed by atoms with Crippen molar-refractivity contribution >= 4 is 11.6 Å². The number of hydrogen-bond acceptors (Lipinski definition) is 4. The summed E-state index contributed by atoms with van der Waals surface area (Å²) in [6.07, 6.45) is 2.15. The van der Waals surface area contributed by atoms with Crippen molar-refractivity contribution in [3.05, 3.63) is 21.6 Å². The number of carbonyl (C=O) groups is 1. The van der Waals surface area contributed by atoms with Gasteiger partial charge < -0.3 is 10.6 Å². The van der Waals surface area contributed by atoms with E-state index in [9.17, 15) is 9.59 Å². The second kappa shape index (κ2) is 4.99. The molecule has 0 aliphatic carbocycles. The number of rotatable bonds is 3. The van der Waals surface area contributed by atoms with E-state index in [2.05, 4.69) is 20.8 Å². The summed E-state index contributed by atoms with van der Waals surface area (Å²) in [5.41, 5.74) is 2.09. The molecule has 0 unspecified atom stereocenters. The van der Waals surface area contributed by atoms with E-state index in [0.717, 1.165) is 30.6 Å². The molecule has 0 fully saturated rings. The standard InChI is InChI=1S/C11H16N4O2/c1-2-9(16)13-6-8-10-7(4-3-5-12-10)11(17)15-14-8/h12H,2-6H2,1H3,(H,13,16)(H,15,17). The van der Waals surface area contributed by atoms with Gasteiger partial charge in [0, 0.05) is 18.5 Å². The highest BCUT2D eigenvalue weighted by Gasteiger charge is 2.17. The molecule has 0 radical (unpaired) electrons. The highest BCUT2D eigenvalue weighted by atomic mass is 16.1. The van der Waals surface area contributed by atoms with Gasteiger partial charge in [-0.15, -0.1) is 0 Å². The molecule has 6 heteroatoms. The molecule has 1 aromatic heterocycles. The molecule has 92 valence electrons. The van der Waals surface area contributed by atoms with Crippen molar-refractivity contribution in [2.45, 2.75) is 32.7 Å². The molecule has 1 aliphatic rings. The molecule has 1 aromatic rings. The molecule has 0 saturated heterocycles. The summed E-state index contributed by atoms with van der Waals surface area (Å²) >= 11 is 0. The molecule has 0 bridgehead atoms. The lowest BCUT2D eigenvalue weighted by molar-refractivity contribution is -0.120. The van der Waals surface area contributed by atoms with Crippen LogP contribution in [0, 0.1) is 0 Å². The van der Waals surface area contributed by atoms with E-state index < -0.39 is 0 Å². The predicted octanol–water partition coefficient (Wildman–Crippen LogP) is 0.154. The molecule has 1 aliphatic heterocycles. The van der Waals surface area contributed by atoms with E-state index in [0.29, 0.717) is 18.7 Å². The van der Waals surface area contributed by atoms with Gasteiger partial charge in [0.05, 0.1) is 12.2 Å². The molecule has 6 nitrogen and oxygen atoms in total. The average molecular weight is 236 g/mol. The molecule has 2 heterocycles. The van der Waals surface area contributed by atoms with E-state index in [1.165, 1.54) is 0 Å². The first-order valence-electron chi connectivity index (χ1n) is 5.83.